The highest BCUT2D eigenvalue weighted by atomic mass is 32.1. The molecule has 0 aliphatic carbocycles. The number of para-hydroxylation sites is 1. The fraction of sp³-hybridized carbons (Fsp3) is 0. The van der Waals surface area contributed by atoms with E-state index in [9.17, 15) is 0 Å². The van der Waals surface area contributed by atoms with E-state index < -0.39 is 0 Å². The van der Waals surface area contributed by atoms with Crippen LogP contribution in [0, 0.1) is 0 Å². The van der Waals surface area contributed by atoms with Crippen LogP contribution in [-0.4, -0.2) is 15.0 Å². The van der Waals surface area contributed by atoms with Crippen LogP contribution in [-0.2, 0) is 0 Å². The van der Waals surface area contributed by atoms with Crippen LogP contribution in [0.4, 0.5) is 0 Å². The standard InChI is InChI=1S/C51H31N3OS/c1-2-10-34(11-3-1)44-31-45(54-51(53-44)42-14-5-4-12-37(42)33-26-28-52-29-27-33)35-20-18-32(19-21-35)39-25-24-38(49-43-15-6-8-16-46(43)55-50(39)49)36-22-23-41-40-13-7-9-17-47(40)56-48(41)30-36/h1-31H. The SMILES string of the molecule is c1ccc(-c2cc(-c3ccc(-c4ccc(-c5ccc6c(c5)sc5ccccc56)c5c4oc4ccccc45)cc3)nc(-c3ccccc3-c3ccncc3)n2)cc1. The van der Waals surface area contributed by atoms with E-state index in [4.69, 9.17) is 14.4 Å². The zero-order valence-corrected chi connectivity index (χ0v) is 30.9. The number of thiophene rings is 1. The first kappa shape index (κ1) is 32.2. The van der Waals surface area contributed by atoms with Crippen molar-refractivity contribution in [1.29, 1.82) is 0 Å². The van der Waals surface area contributed by atoms with E-state index in [-0.39, 0.29) is 0 Å². The van der Waals surface area contributed by atoms with Gasteiger partial charge in [-0.15, -0.1) is 11.3 Å². The Bertz CT molecular complexity index is 3240. The van der Waals surface area contributed by atoms with E-state index >= 15 is 0 Å². The van der Waals surface area contributed by atoms with Gasteiger partial charge in [0.1, 0.15) is 11.2 Å². The lowest BCUT2D eigenvalue weighted by molar-refractivity contribution is 0.670. The molecule has 11 rings (SSSR count). The van der Waals surface area contributed by atoms with Crippen molar-refractivity contribution in [3.8, 4) is 67.3 Å². The average Bonchev–Trinajstić information content (AvgIpc) is 3.85. The molecular weight excluding hydrogens is 703 g/mol. The van der Waals surface area contributed by atoms with Gasteiger partial charge in [0, 0.05) is 65.6 Å². The minimum absolute atomic E-state index is 0.672. The van der Waals surface area contributed by atoms with Crippen LogP contribution in [0.15, 0.2) is 193 Å². The van der Waals surface area contributed by atoms with Gasteiger partial charge in [0.2, 0.25) is 0 Å². The van der Waals surface area contributed by atoms with E-state index in [1.54, 1.807) is 0 Å². The molecule has 0 bridgehead atoms. The van der Waals surface area contributed by atoms with Gasteiger partial charge in [-0.2, -0.15) is 0 Å². The monoisotopic (exact) mass is 733 g/mol. The number of rotatable bonds is 6. The number of nitrogens with zero attached hydrogens (tertiary/aromatic N) is 3. The van der Waals surface area contributed by atoms with Crippen molar-refractivity contribution in [2.75, 3.05) is 0 Å². The number of furan rings is 1. The van der Waals surface area contributed by atoms with Crippen molar-refractivity contribution >= 4 is 53.4 Å². The number of benzene rings is 7. The Morgan fingerprint density at radius 1 is 0.393 bits per heavy atom. The molecule has 0 radical (unpaired) electrons. The molecule has 0 spiro atoms. The second-order valence-electron chi connectivity index (χ2n) is 14.0. The maximum Gasteiger partial charge on any atom is 0.161 e. The Morgan fingerprint density at radius 2 is 1.00 bits per heavy atom. The number of hydrogen-bond donors (Lipinski definition) is 0. The Morgan fingerprint density at radius 3 is 1.82 bits per heavy atom. The molecule has 5 heteroatoms. The first-order valence-electron chi connectivity index (χ1n) is 18.7. The molecule has 0 saturated carbocycles. The fourth-order valence-electron chi connectivity index (χ4n) is 7.94. The average molecular weight is 734 g/mol. The van der Waals surface area contributed by atoms with Crippen LogP contribution >= 0.6 is 11.3 Å². The summed E-state index contributed by atoms with van der Waals surface area (Å²) in [5.74, 6) is 0.672. The molecule has 0 fully saturated rings. The molecule has 4 heterocycles. The molecule has 0 unspecified atom stereocenters. The summed E-state index contributed by atoms with van der Waals surface area (Å²) in [6.45, 7) is 0. The van der Waals surface area contributed by atoms with Gasteiger partial charge in [-0.25, -0.2) is 9.97 Å². The van der Waals surface area contributed by atoms with Crippen LogP contribution in [0.3, 0.4) is 0 Å². The van der Waals surface area contributed by atoms with Gasteiger partial charge >= 0.3 is 0 Å². The summed E-state index contributed by atoms with van der Waals surface area (Å²) in [6.07, 6.45) is 3.64. The van der Waals surface area contributed by atoms with Crippen LogP contribution in [0.25, 0.3) is 109 Å². The summed E-state index contributed by atoms with van der Waals surface area (Å²) in [5, 5.41) is 4.84. The zero-order chi connectivity index (χ0) is 37.0. The van der Waals surface area contributed by atoms with Crippen LogP contribution in [0.2, 0.25) is 0 Å². The highest BCUT2D eigenvalue weighted by Gasteiger charge is 2.19. The molecule has 4 aromatic heterocycles. The molecule has 0 amide bonds. The highest BCUT2D eigenvalue weighted by Crippen LogP contribution is 2.44. The van der Waals surface area contributed by atoms with E-state index in [2.05, 4.69) is 138 Å². The Kier molecular flexibility index (Phi) is 7.64. The molecule has 56 heavy (non-hydrogen) atoms. The smallest absolute Gasteiger partial charge is 0.161 e. The molecule has 262 valence electrons. The van der Waals surface area contributed by atoms with E-state index in [1.165, 1.54) is 31.3 Å². The third kappa shape index (κ3) is 5.48. The first-order valence-corrected chi connectivity index (χ1v) is 19.5. The molecular formula is C51H31N3OS. The number of fused-ring (bicyclic) bond motifs is 6. The van der Waals surface area contributed by atoms with Crippen molar-refractivity contribution in [3.63, 3.8) is 0 Å². The van der Waals surface area contributed by atoms with Crippen molar-refractivity contribution in [2.45, 2.75) is 0 Å². The quantitative estimate of drug-likeness (QED) is 0.171. The van der Waals surface area contributed by atoms with Gasteiger partial charge < -0.3 is 4.42 Å². The van der Waals surface area contributed by atoms with E-state index in [0.717, 1.165) is 72.3 Å². The normalized spacial score (nSPS) is 11.6. The predicted molar refractivity (Wildman–Crippen MR) is 233 cm³/mol. The van der Waals surface area contributed by atoms with Crippen LogP contribution < -0.4 is 0 Å². The molecule has 0 N–H and O–H groups in total. The summed E-state index contributed by atoms with van der Waals surface area (Å²) < 4.78 is 9.30. The fourth-order valence-corrected chi connectivity index (χ4v) is 9.09. The molecule has 0 aliphatic rings. The van der Waals surface area contributed by atoms with E-state index in [1.807, 2.05) is 66.2 Å². The lowest BCUT2D eigenvalue weighted by Crippen LogP contribution is -1.97. The number of aromatic nitrogens is 3. The lowest BCUT2D eigenvalue weighted by atomic mass is 9.93. The summed E-state index contributed by atoms with van der Waals surface area (Å²) in [7, 11) is 0. The topological polar surface area (TPSA) is 51.8 Å². The van der Waals surface area contributed by atoms with Gasteiger partial charge in [0.25, 0.3) is 0 Å². The second-order valence-corrected chi connectivity index (χ2v) is 15.0. The summed E-state index contributed by atoms with van der Waals surface area (Å²) in [5.41, 5.74) is 13.1. The Hall–Kier alpha value is -7.21. The minimum atomic E-state index is 0.672. The molecule has 11 aromatic rings. The number of hydrogen-bond acceptors (Lipinski definition) is 5. The van der Waals surface area contributed by atoms with Crippen molar-refractivity contribution in [3.05, 3.63) is 188 Å². The van der Waals surface area contributed by atoms with Gasteiger partial charge in [0.05, 0.1) is 11.4 Å². The number of pyridine rings is 1. The summed E-state index contributed by atoms with van der Waals surface area (Å²) in [4.78, 5) is 14.6. The second kappa shape index (κ2) is 13.3. The molecule has 4 nitrogen and oxygen atoms in total. The maximum absolute atomic E-state index is 6.71. The van der Waals surface area contributed by atoms with Crippen molar-refractivity contribution in [2.24, 2.45) is 0 Å². The van der Waals surface area contributed by atoms with Crippen molar-refractivity contribution in [1.82, 2.24) is 15.0 Å². The van der Waals surface area contributed by atoms with Gasteiger partial charge in [-0.1, -0.05) is 133 Å². The molecule has 7 aromatic carbocycles. The summed E-state index contributed by atoms with van der Waals surface area (Å²) >= 11 is 1.84. The first-order chi connectivity index (χ1) is 27.7. The predicted octanol–water partition coefficient (Wildman–Crippen LogP) is 14.1. The van der Waals surface area contributed by atoms with Crippen LogP contribution in [0.1, 0.15) is 0 Å². The van der Waals surface area contributed by atoms with Crippen LogP contribution in [0.5, 0.6) is 0 Å². The van der Waals surface area contributed by atoms with Gasteiger partial charge in [-0.05, 0) is 70.3 Å². The largest absolute Gasteiger partial charge is 0.455 e. The van der Waals surface area contributed by atoms with E-state index in [0.29, 0.717) is 5.82 Å². The third-order valence-corrected chi connectivity index (χ3v) is 11.8. The molecule has 0 aliphatic heterocycles. The Balaban J connectivity index is 1.03. The van der Waals surface area contributed by atoms with Gasteiger partial charge in [-0.3, -0.25) is 4.98 Å². The summed E-state index contributed by atoms with van der Waals surface area (Å²) in [6, 6.07) is 61.7. The molecule has 0 atom stereocenters. The minimum Gasteiger partial charge on any atom is -0.455 e. The zero-order valence-electron chi connectivity index (χ0n) is 30.1. The highest BCUT2D eigenvalue weighted by molar-refractivity contribution is 7.25. The Labute approximate surface area is 327 Å². The van der Waals surface area contributed by atoms with Gasteiger partial charge in [0.15, 0.2) is 5.82 Å². The lowest BCUT2D eigenvalue weighted by Gasteiger charge is -2.13. The third-order valence-electron chi connectivity index (χ3n) is 10.7. The molecule has 0 saturated heterocycles. The van der Waals surface area contributed by atoms with Crippen molar-refractivity contribution < 1.29 is 4.42 Å². The maximum atomic E-state index is 6.71.